The topological polar surface area (TPSA) is 60.2 Å². The van der Waals surface area contributed by atoms with Gasteiger partial charge in [-0.3, -0.25) is 0 Å². The van der Waals surface area contributed by atoms with Crippen molar-refractivity contribution in [1.29, 1.82) is 0 Å². The molecular weight excluding hydrogens is 226 g/mol. The summed E-state index contributed by atoms with van der Waals surface area (Å²) in [6.07, 6.45) is 0.929. The number of benzene rings is 1. The molecule has 0 aliphatic heterocycles. The first-order valence-electron chi connectivity index (χ1n) is 6.31. The first kappa shape index (κ1) is 12.6. The monoisotopic (exact) mass is 245 g/mol. The lowest BCUT2D eigenvalue weighted by Gasteiger charge is -2.11. The minimum Gasteiger partial charge on any atom is -0.493 e. The number of hydrogen-bond donors (Lipinski definition) is 2. The number of fused-ring (bicyclic) bond motifs is 1. The standard InChI is InChI=1S/C14H19N3O/c1-2-18-13-10-14(16-9-5-8-15)17-12-7-4-3-6-11(12)13/h3-4,6-7,10H,2,5,8-9,15H2,1H3,(H,16,17). The summed E-state index contributed by atoms with van der Waals surface area (Å²) in [5, 5.41) is 4.31. The van der Waals surface area contributed by atoms with E-state index in [4.69, 9.17) is 10.5 Å². The number of pyridine rings is 1. The van der Waals surface area contributed by atoms with Crippen LogP contribution in [0.2, 0.25) is 0 Å². The smallest absolute Gasteiger partial charge is 0.132 e. The van der Waals surface area contributed by atoms with E-state index in [1.165, 1.54) is 0 Å². The highest BCUT2D eigenvalue weighted by Gasteiger charge is 2.05. The molecule has 3 N–H and O–H groups in total. The third kappa shape index (κ3) is 2.90. The second-order valence-corrected chi connectivity index (χ2v) is 4.02. The van der Waals surface area contributed by atoms with Gasteiger partial charge in [-0.05, 0) is 32.0 Å². The van der Waals surface area contributed by atoms with E-state index in [0.29, 0.717) is 13.2 Å². The first-order chi connectivity index (χ1) is 8.85. The van der Waals surface area contributed by atoms with Crippen molar-refractivity contribution < 1.29 is 4.74 Å². The minimum absolute atomic E-state index is 0.649. The Morgan fingerprint density at radius 3 is 2.94 bits per heavy atom. The number of nitrogens with zero attached hydrogens (tertiary/aromatic N) is 1. The maximum Gasteiger partial charge on any atom is 0.132 e. The van der Waals surface area contributed by atoms with E-state index in [-0.39, 0.29) is 0 Å². The number of ether oxygens (including phenoxy) is 1. The van der Waals surface area contributed by atoms with Gasteiger partial charge in [-0.2, -0.15) is 0 Å². The third-order valence-corrected chi connectivity index (χ3v) is 2.67. The molecule has 0 fully saturated rings. The molecule has 0 bridgehead atoms. The van der Waals surface area contributed by atoms with Gasteiger partial charge in [0, 0.05) is 18.0 Å². The summed E-state index contributed by atoms with van der Waals surface area (Å²) in [5.41, 5.74) is 6.42. The zero-order valence-corrected chi connectivity index (χ0v) is 10.6. The zero-order valence-electron chi connectivity index (χ0n) is 10.6. The van der Waals surface area contributed by atoms with Crippen molar-refractivity contribution >= 4 is 16.7 Å². The molecule has 4 heteroatoms. The summed E-state index contributed by atoms with van der Waals surface area (Å²) in [6, 6.07) is 9.94. The van der Waals surface area contributed by atoms with Crippen LogP contribution in [0.4, 0.5) is 5.82 Å². The van der Waals surface area contributed by atoms with Crippen LogP contribution < -0.4 is 15.8 Å². The highest BCUT2D eigenvalue weighted by Crippen LogP contribution is 2.27. The number of nitrogens with one attached hydrogen (secondary N) is 1. The molecule has 0 radical (unpaired) electrons. The lowest BCUT2D eigenvalue weighted by molar-refractivity contribution is 0.344. The van der Waals surface area contributed by atoms with Crippen LogP contribution in [0.25, 0.3) is 10.9 Å². The fourth-order valence-corrected chi connectivity index (χ4v) is 1.83. The summed E-state index contributed by atoms with van der Waals surface area (Å²) < 4.78 is 5.66. The van der Waals surface area contributed by atoms with Crippen LogP contribution >= 0.6 is 0 Å². The van der Waals surface area contributed by atoms with Crippen molar-refractivity contribution in [2.75, 3.05) is 25.0 Å². The van der Waals surface area contributed by atoms with Gasteiger partial charge in [0.2, 0.25) is 0 Å². The van der Waals surface area contributed by atoms with Crippen molar-refractivity contribution in [3.8, 4) is 5.75 Å². The SMILES string of the molecule is CCOc1cc(NCCCN)nc2ccccc12. The van der Waals surface area contributed by atoms with E-state index < -0.39 is 0 Å². The van der Waals surface area contributed by atoms with Gasteiger partial charge in [0.15, 0.2) is 0 Å². The molecular formula is C14H19N3O. The van der Waals surface area contributed by atoms with Crippen molar-refractivity contribution in [2.24, 2.45) is 5.73 Å². The Balaban J connectivity index is 2.31. The van der Waals surface area contributed by atoms with E-state index in [9.17, 15) is 0 Å². The lowest BCUT2D eigenvalue weighted by Crippen LogP contribution is -2.09. The predicted molar refractivity (Wildman–Crippen MR) is 75.1 cm³/mol. The largest absolute Gasteiger partial charge is 0.493 e. The molecule has 96 valence electrons. The molecule has 0 saturated carbocycles. The van der Waals surface area contributed by atoms with Gasteiger partial charge in [0.1, 0.15) is 11.6 Å². The second kappa shape index (κ2) is 6.21. The summed E-state index contributed by atoms with van der Waals surface area (Å²) in [5.74, 6) is 1.71. The van der Waals surface area contributed by atoms with Crippen LogP contribution in [0.5, 0.6) is 5.75 Å². The van der Waals surface area contributed by atoms with Crippen LogP contribution in [0.15, 0.2) is 30.3 Å². The van der Waals surface area contributed by atoms with Crippen LogP contribution in [0, 0.1) is 0 Å². The fraction of sp³-hybridized carbons (Fsp3) is 0.357. The van der Waals surface area contributed by atoms with Gasteiger partial charge in [-0.25, -0.2) is 4.98 Å². The Morgan fingerprint density at radius 2 is 2.17 bits per heavy atom. The number of rotatable bonds is 6. The normalized spacial score (nSPS) is 10.6. The van der Waals surface area contributed by atoms with E-state index in [1.54, 1.807) is 0 Å². The summed E-state index contributed by atoms with van der Waals surface area (Å²) in [4.78, 5) is 4.56. The number of anilines is 1. The predicted octanol–water partition coefficient (Wildman–Crippen LogP) is 2.39. The van der Waals surface area contributed by atoms with Gasteiger partial charge in [-0.1, -0.05) is 12.1 Å². The maximum absolute atomic E-state index is 5.66. The zero-order chi connectivity index (χ0) is 12.8. The summed E-state index contributed by atoms with van der Waals surface area (Å²) in [6.45, 7) is 4.14. The number of hydrogen-bond acceptors (Lipinski definition) is 4. The van der Waals surface area contributed by atoms with Gasteiger partial charge < -0.3 is 15.8 Å². The molecule has 0 saturated heterocycles. The molecule has 0 amide bonds. The third-order valence-electron chi connectivity index (χ3n) is 2.67. The molecule has 1 aromatic carbocycles. The maximum atomic E-state index is 5.66. The number of para-hydroxylation sites is 1. The minimum atomic E-state index is 0.649. The quantitative estimate of drug-likeness (QED) is 0.767. The van der Waals surface area contributed by atoms with E-state index in [0.717, 1.165) is 35.4 Å². The molecule has 2 rings (SSSR count). The van der Waals surface area contributed by atoms with Crippen LogP contribution in [-0.2, 0) is 0 Å². The summed E-state index contributed by atoms with van der Waals surface area (Å²) >= 11 is 0. The molecule has 1 aromatic heterocycles. The molecule has 1 heterocycles. The highest BCUT2D eigenvalue weighted by molar-refractivity contribution is 5.86. The van der Waals surface area contributed by atoms with Gasteiger partial charge in [0.05, 0.1) is 12.1 Å². The Hall–Kier alpha value is -1.81. The Labute approximate surface area is 107 Å². The summed E-state index contributed by atoms with van der Waals surface area (Å²) in [7, 11) is 0. The van der Waals surface area contributed by atoms with Crippen molar-refractivity contribution in [3.05, 3.63) is 30.3 Å². The number of nitrogens with two attached hydrogens (primary N) is 1. The molecule has 2 aromatic rings. The van der Waals surface area contributed by atoms with Crippen molar-refractivity contribution in [2.45, 2.75) is 13.3 Å². The van der Waals surface area contributed by atoms with Gasteiger partial charge in [0.25, 0.3) is 0 Å². The van der Waals surface area contributed by atoms with E-state index in [1.807, 2.05) is 37.3 Å². The first-order valence-corrected chi connectivity index (χ1v) is 6.31. The molecule has 18 heavy (non-hydrogen) atoms. The second-order valence-electron chi connectivity index (χ2n) is 4.02. The average molecular weight is 245 g/mol. The van der Waals surface area contributed by atoms with E-state index in [2.05, 4.69) is 10.3 Å². The fourth-order valence-electron chi connectivity index (χ4n) is 1.83. The van der Waals surface area contributed by atoms with Crippen molar-refractivity contribution in [3.63, 3.8) is 0 Å². The molecule has 0 aliphatic carbocycles. The Bertz CT molecular complexity index is 513. The molecule has 4 nitrogen and oxygen atoms in total. The van der Waals surface area contributed by atoms with Crippen LogP contribution in [0.3, 0.4) is 0 Å². The van der Waals surface area contributed by atoms with Crippen LogP contribution in [-0.4, -0.2) is 24.7 Å². The number of aromatic nitrogens is 1. The van der Waals surface area contributed by atoms with Gasteiger partial charge in [-0.15, -0.1) is 0 Å². The Morgan fingerprint density at radius 1 is 1.33 bits per heavy atom. The molecule has 0 aliphatic rings. The highest BCUT2D eigenvalue weighted by atomic mass is 16.5. The van der Waals surface area contributed by atoms with E-state index >= 15 is 0 Å². The van der Waals surface area contributed by atoms with Crippen molar-refractivity contribution in [1.82, 2.24) is 4.98 Å². The van der Waals surface area contributed by atoms with Gasteiger partial charge >= 0.3 is 0 Å². The molecule has 0 unspecified atom stereocenters. The Kier molecular flexibility index (Phi) is 4.36. The lowest BCUT2D eigenvalue weighted by atomic mass is 10.2. The molecule has 0 atom stereocenters. The average Bonchev–Trinajstić information content (AvgIpc) is 2.39. The van der Waals surface area contributed by atoms with Crippen LogP contribution in [0.1, 0.15) is 13.3 Å². The molecule has 0 spiro atoms.